The summed E-state index contributed by atoms with van der Waals surface area (Å²) in [6.07, 6.45) is -0.603. The number of ether oxygens (including phenoxy) is 2. The molecule has 9 heteroatoms. The van der Waals surface area contributed by atoms with E-state index in [-0.39, 0.29) is 6.01 Å². The summed E-state index contributed by atoms with van der Waals surface area (Å²) in [6, 6.07) is 10.1. The average molecular weight is 445 g/mol. The number of fused-ring (bicyclic) bond motifs is 1. The first-order chi connectivity index (χ1) is 14.8. The van der Waals surface area contributed by atoms with Gasteiger partial charge in [0.1, 0.15) is 6.10 Å². The number of halogens is 1. The van der Waals surface area contributed by atoms with Gasteiger partial charge in [-0.3, -0.25) is 4.79 Å². The van der Waals surface area contributed by atoms with E-state index < -0.39 is 17.5 Å². The Hall–Kier alpha value is -2.84. The van der Waals surface area contributed by atoms with Crippen LogP contribution in [0.25, 0.3) is 22.4 Å². The number of imidazole rings is 1. The van der Waals surface area contributed by atoms with E-state index >= 15 is 0 Å². The molecule has 2 aromatic heterocycles. The maximum absolute atomic E-state index is 11.4. The smallest absolute Gasteiger partial charge is 0.312 e. The molecular weight excluding hydrogens is 420 g/mol. The van der Waals surface area contributed by atoms with Crippen molar-refractivity contribution in [2.45, 2.75) is 26.9 Å². The summed E-state index contributed by atoms with van der Waals surface area (Å²) in [5.41, 5.74) is 2.64. The highest BCUT2D eigenvalue weighted by molar-refractivity contribution is 6.33. The number of anilines is 1. The largest absolute Gasteiger partial charge is 0.481 e. The van der Waals surface area contributed by atoms with E-state index in [9.17, 15) is 9.90 Å². The molecule has 3 aromatic rings. The number of morpholine rings is 1. The van der Waals surface area contributed by atoms with Gasteiger partial charge in [0, 0.05) is 24.3 Å². The van der Waals surface area contributed by atoms with Gasteiger partial charge < -0.3 is 24.5 Å². The Balaban J connectivity index is 1.58. The molecule has 0 amide bonds. The number of rotatable bonds is 6. The number of aliphatic carboxylic acids is 1. The maximum Gasteiger partial charge on any atom is 0.312 e. The van der Waals surface area contributed by atoms with Crippen LogP contribution in [-0.2, 0) is 9.53 Å². The summed E-state index contributed by atoms with van der Waals surface area (Å²) in [4.78, 5) is 25.7. The van der Waals surface area contributed by atoms with Crippen molar-refractivity contribution < 1.29 is 19.4 Å². The molecule has 3 heterocycles. The van der Waals surface area contributed by atoms with Gasteiger partial charge in [0.15, 0.2) is 5.65 Å². The van der Waals surface area contributed by atoms with E-state index in [1.807, 2.05) is 12.1 Å². The maximum atomic E-state index is 11.4. The Morgan fingerprint density at radius 3 is 2.58 bits per heavy atom. The fourth-order valence-corrected chi connectivity index (χ4v) is 3.55. The van der Waals surface area contributed by atoms with Crippen LogP contribution in [0.5, 0.6) is 6.01 Å². The van der Waals surface area contributed by atoms with Crippen molar-refractivity contribution in [3.63, 3.8) is 0 Å². The fourth-order valence-electron chi connectivity index (χ4n) is 3.29. The highest BCUT2D eigenvalue weighted by Gasteiger charge is 2.36. The van der Waals surface area contributed by atoms with E-state index in [0.29, 0.717) is 21.9 Å². The zero-order valence-corrected chi connectivity index (χ0v) is 18.4. The minimum absolute atomic E-state index is 0.209. The highest BCUT2D eigenvalue weighted by atomic mass is 35.5. The van der Waals surface area contributed by atoms with Crippen LogP contribution in [0, 0.1) is 5.41 Å². The van der Waals surface area contributed by atoms with Crippen LogP contribution < -0.4 is 9.64 Å². The van der Waals surface area contributed by atoms with Crippen LogP contribution in [0.15, 0.2) is 30.3 Å². The Labute approximate surface area is 185 Å². The lowest BCUT2D eigenvalue weighted by Crippen LogP contribution is -2.39. The topological polar surface area (TPSA) is 101 Å². The molecule has 8 nitrogen and oxygen atoms in total. The van der Waals surface area contributed by atoms with E-state index in [4.69, 9.17) is 21.1 Å². The van der Waals surface area contributed by atoms with Crippen LogP contribution in [-0.4, -0.2) is 58.4 Å². The molecule has 1 atom stereocenters. The van der Waals surface area contributed by atoms with Crippen molar-refractivity contribution in [3.05, 3.63) is 35.4 Å². The average Bonchev–Trinajstić information content (AvgIpc) is 3.14. The molecule has 1 saturated heterocycles. The summed E-state index contributed by atoms with van der Waals surface area (Å²) in [5.74, 6) is -0.944. The van der Waals surface area contributed by atoms with E-state index in [2.05, 4.69) is 32.0 Å². The molecule has 31 heavy (non-hydrogen) atoms. The zero-order chi connectivity index (χ0) is 22.2. The summed E-state index contributed by atoms with van der Waals surface area (Å²) >= 11 is 6.50. The van der Waals surface area contributed by atoms with Crippen molar-refractivity contribution in [2.24, 2.45) is 5.41 Å². The van der Waals surface area contributed by atoms with E-state index in [1.54, 1.807) is 26.8 Å². The van der Waals surface area contributed by atoms with Gasteiger partial charge in [0.25, 0.3) is 6.01 Å². The molecule has 1 aliphatic rings. The lowest BCUT2D eigenvalue weighted by atomic mass is 9.88. The number of aromatic amines is 1. The van der Waals surface area contributed by atoms with Crippen LogP contribution in [0.3, 0.4) is 0 Å². The van der Waals surface area contributed by atoms with Gasteiger partial charge in [-0.15, -0.1) is 0 Å². The second kappa shape index (κ2) is 8.36. The first-order valence-electron chi connectivity index (χ1n) is 10.1. The van der Waals surface area contributed by atoms with Crippen molar-refractivity contribution >= 4 is 34.4 Å². The van der Waals surface area contributed by atoms with Crippen LogP contribution in [0.1, 0.15) is 20.8 Å². The Morgan fingerprint density at radius 1 is 1.26 bits per heavy atom. The van der Waals surface area contributed by atoms with Gasteiger partial charge >= 0.3 is 5.97 Å². The van der Waals surface area contributed by atoms with Crippen LogP contribution in [0.2, 0.25) is 5.02 Å². The molecule has 2 N–H and O–H groups in total. The van der Waals surface area contributed by atoms with Gasteiger partial charge in [-0.25, -0.2) is 4.98 Å². The van der Waals surface area contributed by atoms with E-state index in [0.717, 1.165) is 37.6 Å². The number of benzene rings is 1. The third-order valence-corrected chi connectivity index (χ3v) is 6.07. The number of carboxylic acids is 1. The third-order valence-electron chi connectivity index (χ3n) is 5.78. The molecular formula is C22H25ClN4O4. The lowest BCUT2D eigenvalue weighted by Gasteiger charge is -2.28. The van der Waals surface area contributed by atoms with Gasteiger partial charge in [-0.2, -0.15) is 4.98 Å². The molecule has 0 aliphatic carbocycles. The van der Waals surface area contributed by atoms with Crippen molar-refractivity contribution in [1.29, 1.82) is 0 Å². The third kappa shape index (κ3) is 4.31. The highest BCUT2D eigenvalue weighted by Crippen LogP contribution is 2.32. The van der Waals surface area contributed by atoms with Crippen LogP contribution in [0.4, 0.5) is 5.69 Å². The predicted molar refractivity (Wildman–Crippen MR) is 119 cm³/mol. The second-order valence-corrected chi connectivity index (χ2v) is 8.57. The minimum atomic E-state index is -1.07. The SMILES string of the molecule is CC(Oc1nc2nc(-c3ccc(N4CCOCC4)cc3)c(Cl)cc2[nH]1)C(C)(C)C(=O)O. The number of H-pyrrole nitrogens is 1. The molecule has 1 aliphatic heterocycles. The zero-order valence-electron chi connectivity index (χ0n) is 17.7. The quantitative estimate of drug-likeness (QED) is 0.592. The molecule has 0 radical (unpaired) electrons. The monoisotopic (exact) mass is 444 g/mol. The number of hydrogen-bond donors (Lipinski definition) is 2. The lowest BCUT2D eigenvalue weighted by molar-refractivity contribution is -0.151. The molecule has 0 spiro atoms. The first kappa shape index (κ1) is 21.4. The van der Waals surface area contributed by atoms with Crippen molar-refractivity contribution in [2.75, 3.05) is 31.2 Å². The number of nitrogens with zero attached hydrogens (tertiary/aromatic N) is 3. The summed E-state index contributed by atoms with van der Waals surface area (Å²) < 4.78 is 11.2. The normalized spacial score (nSPS) is 15.8. The summed E-state index contributed by atoms with van der Waals surface area (Å²) in [7, 11) is 0. The van der Waals surface area contributed by atoms with Crippen LogP contribution >= 0.6 is 11.6 Å². The van der Waals surface area contributed by atoms with Gasteiger partial charge in [0.2, 0.25) is 0 Å². The van der Waals surface area contributed by atoms with Gasteiger partial charge in [0.05, 0.1) is 34.9 Å². The molecule has 1 unspecified atom stereocenters. The summed E-state index contributed by atoms with van der Waals surface area (Å²) in [5, 5.41) is 9.87. The van der Waals surface area contributed by atoms with Crippen molar-refractivity contribution in [3.8, 4) is 17.3 Å². The van der Waals surface area contributed by atoms with E-state index in [1.165, 1.54) is 0 Å². The Morgan fingerprint density at radius 2 is 1.94 bits per heavy atom. The Bertz CT molecular complexity index is 1090. The second-order valence-electron chi connectivity index (χ2n) is 8.17. The number of nitrogens with one attached hydrogen (secondary N) is 1. The minimum Gasteiger partial charge on any atom is -0.481 e. The molecule has 0 saturated carbocycles. The Kier molecular flexibility index (Phi) is 5.77. The summed E-state index contributed by atoms with van der Waals surface area (Å²) in [6.45, 7) is 8.13. The number of carboxylic acid groups (broad SMARTS) is 1. The number of pyridine rings is 1. The number of carbonyl (C=O) groups is 1. The van der Waals surface area contributed by atoms with Crippen molar-refractivity contribution in [1.82, 2.24) is 15.0 Å². The molecule has 164 valence electrons. The fraction of sp³-hybridized carbons (Fsp3) is 0.409. The first-order valence-corrected chi connectivity index (χ1v) is 10.5. The molecule has 1 fully saturated rings. The molecule has 4 rings (SSSR count). The predicted octanol–water partition coefficient (Wildman–Crippen LogP) is 3.99. The molecule has 0 bridgehead atoms. The molecule has 1 aromatic carbocycles. The van der Waals surface area contributed by atoms with Gasteiger partial charge in [-0.05, 0) is 39.0 Å². The standard InChI is InChI=1S/C22H25ClN4O4/c1-13(22(2,3)20(28)29)31-21-24-17-12-16(23)18(25-19(17)26-21)14-4-6-15(7-5-14)27-8-10-30-11-9-27/h4-7,12-13H,8-11H2,1-3H3,(H,28,29)(H,24,25,26). The number of hydrogen-bond acceptors (Lipinski definition) is 6. The number of aromatic nitrogens is 3. The van der Waals surface area contributed by atoms with Gasteiger partial charge in [-0.1, -0.05) is 23.7 Å².